The molecule has 2 aliphatic rings. The summed E-state index contributed by atoms with van der Waals surface area (Å²) in [6.07, 6.45) is 6.66. The molecule has 11 nitrogen and oxygen atoms in total. The fourth-order valence-electron chi connectivity index (χ4n) is 6.07. The summed E-state index contributed by atoms with van der Waals surface area (Å²) in [5.41, 5.74) is 0. The molecular weight excluding hydrogens is 608 g/mol. The summed E-state index contributed by atoms with van der Waals surface area (Å²) in [7, 11) is 0. The van der Waals surface area contributed by atoms with Crippen LogP contribution in [-0.4, -0.2) is 114 Å². The van der Waals surface area contributed by atoms with Gasteiger partial charge in [-0.3, -0.25) is 0 Å². The average molecular weight is 667 g/mol. The van der Waals surface area contributed by atoms with E-state index in [1.54, 1.807) is 55.5 Å². The van der Waals surface area contributed by atoms with Crippen LogP contribution in [0.1, 0.15) is 72.6 Å². The Bertz CT molecular complexity index is 1050. The number of cyclic esters (lactones) is 1. The minimum atomic E-state index is -1.10. The summed E-state index contributed by atoms with van der Waals surface area (Å²) in [5, 5.41) is 83.8. The zero-order valence-corrected chi connectivity index (χ0v) is 28.1. The third-order valence-corrected chi connectivity index (χ3v) is 8.74. The number of hydrogen-bond acceptors (Lipinski definition) is 11. The van der Waals surface area contributed by atoms with Crippen LogP contribution in [0.25, 0.3) is 0 Å². The van der Waals surface area contributed by atoms with Gasteiger partial charge in [-0.2, -0.15) is 0 Å². The predicted octanol–water partition coefficient (Wildman–Crippen LogP) is 2.01. The SMILES string of the molecule is CC(C)[C@@H]1OC(=O)C=CC=CC=CC=C[C@@H]2O[C@@H](C[C@@H]2O)[C@H](C)[C@H](O)C[C@H](O)C[C@H](O)C[C@@H](O)C[C@H](O)C[C@@H](O)C[C@@H](O)C=C[C@@H]1C. The van der Waals surface area contributed by atoms with E-state index in [4.69, 9.17) is 9.47 Å². The number of fused-ring (bicyclic) bond motifs is 2. The maximum absolute atomic E-state index is 12.5. The van der Waals surface area contributed by atoms with E-state index in [1.165, 1.54) is 12.2 Å². The minimum Gasteiger partial charge on any atom is -0.458 e. The van der Waals surface area contributed by atoms with Gasteiger partial charge in [0.25, 0.3) is 0 Å². The molecule has 1 fully saturated rings. The number of ether oxygens (including phenoxy) is 2. The van der Waals surface area contributed by atoms with Crippen molar-refractivity contribution in [3.05, 3.63) is 60.8 Å². The van der Waals surface area contributed by atoms with Gasteiger partial charge in [-0.05, 0) is 38.0 Å². The van der Waals surface area contributed by atoms with Crippen LogP contribution >= 0.6 is 0 Å². The highest BCUT2D eigenvalue weighted by atomic mass is 16.5. The Morgan fingerprint density at radius 2 is 1.13 bits per heavy atom. The lowest BCUT2D eigenvalue weighted by molar-refractivity contribution is -0.147. The van der Waals surface area contributed by atoms with E-state index < -0.39 is 79.0 Å². The molecule has 2 aliphatic heterocycles. The van der Waals surface area contributed by atoms with Crippen molar-refractivity contribution in [2.45, 2.75) is 140 Å². The summed E-state index contributed by atoms with van der Waals surface area (Å²) in [6.45, 7) is 7.48. The molecule has 0 amide bonds. The quantitative estimate of drug-likeness (QED) is 0.151. The molecule has 0 saturated carbocycles. The van der Waals surface area contributed by atoms with Crippen molar-refractivity contribution < 1.29 is 55.1 Å². The fraction of sp³-hybridized carbons (Fsp3) is 0.694. The summed E-state index contributed by atoms with van der Waals surface area (Å²) in [5.74, 6) is -1.16. The zero-order chi connectivity index (χ0) is 35.1. The number of rotatable bonds is 1. The summed E-state index contributed by atoms with van der Waals surface area (Å²) in [4.78, 5) is 12.5. The molecule has 1 saturated heterocycles. The van der Waals surface area contributed by atoms with Crippen molar-refractivity contribution in [2.24, 2.45) is 17.8 Å². The van der Waals surface area contributed by atoms with Gasteiger partial charge in [0.2, 0.25) is 0 Å². The number of aliphatic hydroxyl groups excluding tert-OH is 8. The molecule has 0 spiro atoms. The van der Waals surface area contributed by atoms with E-state index in [9.17, 15) is 45.6 Å². The van der Waals surface area contributed by atoms with Crippen molar-refractivity contribution in [1.82, 2.24) is 0 Å². The molecule has 47 heavy (non-hydrogen) atoms. The van der Waals surface area contributed by atoms with Crippen LogP contribution in [0.4, 0.5) is 0 Å². The molecule has 0 aliphatic carbocycles. The minimum absolute atomic E-state index is 0.00679. The van der Waals surface area contributed by atoms with Gasteiger partial charge >= 0.3 is 5.97 Å². The van der Waals surface area contributed by atoms with Crippen LogP contribution < -0.4 is 0 Å². The Hall–Kier alpha value is -2.19. The zero-order valence-electron chi connectivity index (χ0n) is 28.1. The van der Waals surface area contributed by atoms with E-state index in [2.05, 4.69) is 0 Å². The molecule has 0 radical (unpaired) electrons. The summed E-state index contributed by atoms with van der Waals surface area (Å²) >= 11 is 0. The monoisotopic (exact) mass is 666 g/mol. The van der Waals surface area contributed by atoms with E-state index >= 15 is 0 Å². The summed E-state index contributed by atoms with van der Waals surface area (Å²) < 4.78 is 11.6. The van der Waals surface area contributed by atoms with Gasteiger partial charge in [-0.15, -0.1) is 0 Å². The van der Waals surface area contributed by atoms with E-state index in [0.29, 0.717) is 6.42 Å². The number of hydrogen-bond donors (Lipinski definition) is 8. The first kappa shape index (κ1) is 41.0. The molecule has 0 aromatic carbocycles. The maximum atomic E-state index is 12.5. The van der Waals surface area contributed by atoms with Crippen LogP contribution in [0, 0.1) is 17.8 Å². The number of aliphatic hydroxyl groups is 8. The van der Waals surface area contributed by atoms with Crippen molar-refractivity contribution in [3.8, 4) is 0 Å². The Morgan fingerprint density at radius 1 is 0.617 bits per heavy atom. The van der Waals surface area contributed by atoms with Crippen molar-refractivity contribution in [3.63, 3.8) is 0 Å². The first-order valence-corrected chi connectivity index (χ1v) is 16.8. The van der Waals surface area contributed by atoms with Crippen molar-refractivity contribution in [2.75, 3.05) is 0 Å². The third kappa shape index (κ3) is 15.7. The lowest BCUT2D eigenvalue weighted by Crippen LogP contribution is -2.34. The highest BCUT2D eigenvalue weighted by Gasteiger charge is 2.38. The molecule has 268 valence electrons. The fourth-order valence-corrected chi connectivity index (χ4v) is 6.07. The molecule has 2 rings (SSSR count). The second-order valence-electron chi connectivity index (χ2n) is 13.5. The van der Waals surface area contributed by atoms with E-state index in [-0.39, 0.29) is 50.4 Å². The van der Waals surface area contributed by atoms with Gasteiger partial charge in [0, 0.05) is 30.8 Å². The van der Waals surface area contributed by atoms with Crippen LogP contribution in [0.3, 0.4) is 0 Å². The third-order valence-electron chi connectivity index (χ3n) is 8.74. The average Bonchev–Trinajstić information content (AvgIpc) is 3.34. The Balaban J connectivity index is 2.14. The second-order valence-corrected chi connectivity index (χ2v) is 13.5. The van der Waals surface area contributed by atoms with Crippen LogP contribution in [0.5, 0.6) is 0 Å². The number of carbonyl (C=O) groups is 1. The highest BCUT2D eigenvalue weighted by molar-refractivity contribution is 5.82. The molecule has 0 aromatic heterocycles. The second kappa shape index (κ2) is 21.0. The molecular formula is C36H58O11. The lowest BCUT2D eigenvalue weighted by atomic mass is 9.90. The van der Waals surface area contributed by atoms with E-state index in [0.717, 1.165) is 0 Å². The first-order valence-electron chi connectivity index (χ1n) is 16.8. The standard InChI is InChI=1S/C36H58O11/c1-22(2)36-23(3)13-14-25(37)15-26(38)16-27(39)17-28(40)18-29(41)19-30(42)20-31(43)24(4)34-21-32(44)33(46-34)11-9-7-5-6-8-10-12-35(45)47-36/h5-14,22-34,36-44H,15-21H2,1-4H3/t23-,24+,25-,26-,27+,28-,29+,30+,31+,32-,33-,34-,36-/m0/s1. The highest BCUT2D eigenvalue weighted by Crippen LogP contribution is 2.30. The van der Waals surface area contributed by atoms with Gasteiger partial charge in [0.15, 0.2) is 0 Å². The van der Waals surface area contributed by atoms with Gasteiger partial charge in [0.05, 0.1) is 54.9 Å². The first-order chi connectivity index (χ1) is 22.2. The number of carbonyl (C=O) groups excluding carboxylic acids is 1. The van der Waals surface area contributed by atoms with E-state index in [1.807, 2.05) is 20.8 Å². The maximum Gasteiger partial charge on any atom is 0.331 e. The largest absolute Gasteiger partial charge is 0.458 e. The molecule has 11 heteroatoms. The smallest absolute Gasteiger partial charge is 0.331 e. The van der Waals surface area contributed by atoms with Crippen LogP contribution in [0.2, 0.25) is 0 Å². The van der Waals surface area contributed by atoms with Gasteiger partial charge in [-0.25, -0.2) is 4.79 Å². The molecule has 2 heterocycles. The normalized spacial score (nSPS) is 39.9. The molecule has 0 aromatic rings. The van der Waals surface area contributed by atoms with Crippen molar-refractivity contribution in [1.29, 1.82) is 0 Å². The predicted molar refractivity (Wildman–Crippen MR) is 178 cm³/mol. The number of allylic oxidation sites excluding steroid dienone is 6. The molecule has 2 bridgehead atoms. The van der Waals surface area contributed by atoms with Gasteiger partial charge < -0.3 is 50.3 Å². The Labute approximate surface area is 279 Å². The Kier molecular flexibility index (Phi) is 18.3. The molecule has 13 atom stereocenters. The van der Waals surface area contributed by atoms with Crippen molar-refractivity contribution >= 4 is 5.97 Å². The Morgan fingerprint density at radius 3 is 1.70 bits per heavy atom. The van der Waals surface area contributed by atoms with Crippen LogP contribution in [0.15, 0.2) is 60.8 Å². The summed E-state index contributed by atoms with van der Waals surface area (Å²) in [6, 6.07) is 0. The lowest BCUT2D eigenvalue weighted by Gasteiger charge is -2.27. The van der Waals surface area contributed by atoms with Gasteiger partial charge in [-0.1, -0.05) is 82.4 Å². The topological polar surface area (TPSA) is 197 Å². The van der Waals surface area contributed by atoms with Crippen LogP contribution in [-0.2, 0) is 14.3 Å². The van der Waals surface area contributed by atoms with Gasteiger partial charge in [0.1, 0.15) is 12.2 Å². The molecule has 8 N–H and O–H groups in total. The number of esters is 1. The molecule has 0 unspecified atom stereocenters.